The number of hydrogen-bond acceptors (Lipinski definition) is 5. The average molecular weight is 500 g/mol. The molecule has 5 rings (SSSR count). The number of aromatic nitrogens is 1. The molecule has 31 heavy (non-hydrogen) atoms. The van der Waals surface area contributed by atoms with Crippen molar-refractivity contribution in [1.82, 2.24) is 14.2 Å². The highest BCUT2D eigenvalue weighted by Crippen LogP contribution is 2.47. The van der Waals surface area contributed by atoms with E-state index in [1.165, 1.54) is 0 Å². The maximum Gasteiger partial charge on any atom is 0.195 e. The Kier molecular flexibility index (Phi) is 5.20. The zero-order valence-electron chi connectivity index (χ0n) is 18.2. The van der Waals surface area contributed by atoms with E-state index >= 15 is 0 Å². The minimum Gasteiger partial charge on any atom is -0.496 e. The fourth-order valence-electron chi connectivity index (χ4n) is 4.66. The van der Waals surface area contributed by atoms with Crippen molar-refractivity contribution in [3.05, 3.63) is 57.2 Å². The summed E-state index contributed by atoms with van der Waals surface area (Å²) in [6.07, 6.45) is 0. The van der Waals surface area contributed by atoms with E-state index in [-0.39, 0.29) is 11.2 Å². The van der Waals surface area contributed by atoms with Gasteiger partial charge in [0.1, 0.15) is 5.75 Å². The largest absolute Gasteiger partial charge is 0.496 e. The van der Waals surface area contributed by atoms with Crippen molar-refractivity contribution in [3.63, 3.8) is 0 Å². The molecule has 7 heteroatoms. The van der Waals surface area contributed by atoms with Crippen LogP contribution in [0.2, 0.25) is 0 Å². The van der Waals surface area contributed by atoms with E-state index in [9.17, 15) is 4.79 Å². The third kappa shape index (κ3) is 3.42. The second kappa shape index (κ2) is 7.66. The molecule has 5 nitrogen and oxygen atoms in total. The van der Waals surface area contributed by atoms with Crippen LogP contribution >= 0.6 is 27.9 Å². The first-order valence-electron chi connectivity index (χ1n) is 10.5. The number of methoxy groups -OCH3 is 1. The number of halogens is 1. The number of nitrogens with one attached hydrogen (secondary N) is 1. The normalized spacial score (nSPS) is 18.8. The molecule has 0 saturated carbocycles. The van der Waals surface area contributed by atoms with Gasteiger partial charge in [0.05, 0.1) is 17.6 Å². The van der Waals surface area contributed by atoms with Crippen LogP contribution in [0, 0.1) is 0 Å². The van der Waals surface area contributed by atoms with E-state index in [2.05, 4.69) is 57.1 Å². The first kappa shape index (κ1) is 21.1. The van der Waals surface area contributed by atoms with Crippen molar-refractivity contribution in [2.75, 3.05) is 40.3 Å². The highest BCUT2D eigenvalue weighted by molar-refractivity contribution is 9.10. The van der Waals surface area contributed by atoms with Gasteiger partial charge in [-0.2, -0.15) is 0 Å². The van der Waals surface area contributed by atoms with E-state index in [1.54, 1.807) is 19.1 Å². The summed E-state index contributed by atoms with van der Waals surface area (Å²) in [6, 6.07) is 10.2. The molecule has 3 aromatic rings. The molecule has 1 N–H and O–H groups in total. The number of fused-ring (bicyclic) bond motifs is 4. The summed E-state index contributed by atoms with van der Waals surface area (Å²) in [4.78, 5) is 20.6. The number of carbonyl (C=O) groups excluding carboxylic acids is 1. The van der Waals surface area contributed by atoms with Crippen LogP contribution in [0.1, 0.15) is 41.0 Å². The number of ether oxygens (including phenoxy) is 1. The number of nitrogens with zero attached hydrogens (tertiary/aromatic N) is 2. The van der Waals surface area contributed by atoms with Crippen LogP contribution in [0.4, 0.5) is 0 Å². The standard InChI is InChI=1S/C24H26BrN3O2S/c1-24(2)17-13-19(30-4)20(31-28-9-7-27(3)8-10-28)12-16(17)22(29)21-15-6-5-14(25)11-18(15)26-23(21)24/h5-6,11-13,26H,7-10H2,1-4H3. The lowest BCUT2D eigenvalue weighted by molar-refractivity contribution is 0.103. The Labute approximate surface area is 195 Å². The SMILES string of the molecule is COc1cc2c(cc1SN1CCN(C)CC1)C(=O)c1c([nH]c3cc(Br)ccc13)C2(C)C. The maximum atomic E-state index is 13.7. The fourth-order valence-corrected chi connectivity index (χ4v) is 6.05. The van der Waals surface area contributed by atoms with Crippen molar-refractivity contribution in [2.24, 2.45) is 0 Å². The lowest BCUT2D eigenvalue weighted by Crippen LogP contribution is -2.41. The van der Waals surface area contributed by atoms with Gasteiger partial charge in [-0.1, -0.05) is 35.8 Å². The van der Waals surface area contributed by atoms with E-state index in [1.807, 2.05) is 24.3 Å². The Hall–Kier alpha value is -1.80. The van der Waals surface area contributed by atoms with E-state index < -0.39 is 0 Å². The van der Waals surface area contributed by atoms with Crippen molar-refractivity contribution in [1.29, 1.82) is 0 Å². The minimum atomic E-state index is -0.339. The van der Waals surface area contributed by atoms with E-state index in [0.29, 0.717) is 0 Å². The van der Waals surface area contributed by atoms with Gasteiger partial charge in [0.15, 0.2) is 5.78 Å². The molecule has 0 bridgehead atoms. The molecule has 0 amide bonds. The molecule has 2 aliphatic rings. The van der Waals surface area contributed by atoms with Crippen LogP contribution in [-0.2, 0) is 5.41 Å². The Balaban J connectivity index is 1.62. The second-order valence-electron chi connectivity index (χ2n) is 8.89. The van der Waals surface area contributed by atoms with Crippen LogP contribution in [0.3, 0.4) is 0 Å². The first-order chi connectivity index (χ1) is 14.8. The molecule has 2 heterocycles. The Morgan fingerprint density at radius 1 is 1.13 bits per heavy atom. The molecule has 1 fully saturated rings. The molecule has 0 spiro atoms. The predicted octanol–water partition coefficient (Wildman–Crippen LogP) is 5.06. The number of carbonyl (C=O) groups is 1. The first-order valence-corrected chi connectivity index (χ1v) is 12.1. The van der Waals surface area contributed by atoms with Crippen molar-refractivity contribution >= 4 is 44.6 Å². The maximum absolute atomic E-state index is 13.7. The predicted molar refractivity (Wildman–Crippen MR) is 129 cm³/mol. The highest BCUT2D eigenvalue weighted by Gasteiger charge is 2.40. The second-order valence-corrected chi connectivity index (χ2v) is 10.9. The van der Waals surface area contributed by atoms with Gasteiger partial charge in [0.2, 0.25) is 0 Å². The van der Waals surface area contributed by atoms with Gasteiger partial charge in [0, 0.05) is 58.2 Å². The number of rotatable bonds is 3. The number of likely N-dealkylation sites (N-methyl/N-ethyl adjacent to an activating group) is 1. The van der Waals surface area contributed by atoms with Crippen LogP contribution in [-0.4, -0.2) is 60.3 Å². The summed E-state index contributed by atoms with van der Waals surface area (Å²) in [5.74, 6) is 0.909. The number of benzene rings is 2. The summed E-state index contributed by atoms with van der Waals surface area (Å²) < 4.78 is 9.13. The summed E-state index contributed by atoms with van der Waals surface area (Å²) >= 11 is 5.24. The molecule has 1 saturated heterocycles. The molecule has 162 valence electrons. The van der Waals surface area contributed by atoms with Crippen LogP contribution in [0.25, 0.3) is 10.9 Å². The Morgan fingerprint density at radius 3 is 2.58 bits per heavy atom. The smallest absolute Gasteiger partial charge is 0.195 e. The van der Waals surface area contributed by atoms with Crippen LogP contribution in [0.5, 0.6) is 5.75 Å². The van der Waals surface area contributed by atoms with E-state index in [0.717, 1.165) is 74.6 Å². The summed E-state index contributed by atoms with van der Waals surface area (Å²) in [7, 11) is 3.86. The monoisotopic (exact) mass is 499 g/mol. The number of ketones is 1. The van der Waals surface area contributed by atoms with Gasteiger partial charge in [0.25, 0.3) is 0 Å². The quantitative estimate of drug-likeness (QED) is 0.510. The number of piperazine rings is 1. The lowest BCUT2D eigenvalue weighted by atomic mass is 9.71. The van der Waals surface area contributed by atoms with E-state index in [4.69, 9.17) is 4.74 Å². The molecule has 1 aliphatic heterocycles. The summed E-state index contributed by atoms with van der Waals surface area (Å²) in [5, 5.41) is 0.978. The molecule has 1 aromatic heterocycles. The number of H-pyrrole nitrogens is 1. The lowest BCUT2D eigenvalue weighted by Gasteiger charge is -2.34. The Bertz CT molecular complexity index is 1200. The average Bonchev–Trinajstić information content (AvgIpc) is 3.13. The van der Waals surface area contributed by atoms with Gasteiger partial charge < -0.3 is 14.6 Å². The van der Waals surface area contributed by atoms with Gasteiger partial charge in [-0.15, -0.1) is 0 Å². The van der Waals surface area contributed by atoms with Crippen LogP contribution < -0.4 is 4.74 Å². The number of hydrogen-bond donors (Lipinski definition) is 1. The fraction of sp³-hybridized carbons (Fsp3) is 0.375. The van der Waals surface area contributed by atoms with Crippen molar-refractivity contribution in [3.8, 4) is 5.75 Å². The summed E-state index contributed by atoms with van der Waals surface area (Å²) in [6.45, 7) is 8.41. The molecular weight excluding hydrogens is 474 g/mol. The third-order valence-electron chi connectivity index (χ3n) is 6.52. The zero-order chi connectivity index (χ0) is 21.9. The highest BCUT2D eigenvalue weighted by atomic mass is 79.9. The van der Waals surface area contributed by atoms with Gasteiger partial charge in [-0.25, -0.2) is 4.31 Å². The van der Waals surface area contributed by atoms with Crippen molar-refractivity contribution < 1.29 is 9.53 Å². The zero-order valence-corrected chi connectivity index (χ0v) is 20.6. The van der Waals surface area contributed by atoms with Crippen LogP contribution in [0.15, 0.2) is 39.7 Å². The molecule has 0 radical (unpaired) electrons. The van der Waals surface area contributed by atoms with Gasteiger partial charge in [-0.3, -0.25) is 4.79 Å². The number of aromatic amines is 1. The minimum absolute atomic E-state index is 0.0841. The topological polar surface area (TPSA) is 48.6 Å². The third-order valence-corrected chi connectivity index (χ3v) is 8.16. The molecule has 0 atom stereocenters. The van der Waals surface area contributed by atoms with Gasteiger partial charge >= 0.3 is 0 Å². The Morgan fingerprint density at radius 2 is 1.87 bits per heavy atom. The molecule has 0 unspecified atom stereocenters. The molecule has 1 aliphatic carbocycles. The molecular formula is C24H26BrN3O2S. The molecule has 2 aromatic carbocycles. The summed E-state index contributed by atoms with van der Waals surface area (Å²) in [5.41, 5.74) is 4.19. The van der Waals surface area contributed by atoms with Crippen molar-refractivity contribution in [2.45, 2.75) is 24.2 Å². The van der Waals surface area contributed by atoms with Gasteiger partial charge in [-0.05, 0) is 48.8 Å².